The number of carbonyl (C=O) groups excluding carboxylic acids is 2. The van der Waals surface area contributed by atoms with Gasteiger partial charge in [0.2, 0.25) is 0 Å². The van der Waals surface area contributed by atoms with E-state index in [4.69, 9.17) is 12.2 Å². The number of aromatic nitrogens is 1. The molecule has 8 heteroatoms. The van der Waals surface area contributed by atoms with E-state index in [2.05, 4.69) is 5.32 Å². The smallest absolute Gasteiger partial charge is 0.323 e. The van der Waals surface area contributed by atoms with E-state index in [-0.39, 0.29) is 17.2 Å². The number of anilines is 1. The third-order valence-electron chi connectivity index (χ3n) is 4.99. The average Bonchev–Trinajstić information content (AvgIpc) is 3.01. The third-order valence-corrected chi connectivity index (χ3v) is 5.28. The maximum atomic E-state index is 13.3. The number of nitrogens with zero attached hydrogens (tertiary/aromatic N) is 2. The van der Waals surface area contributed by atoms with Gasteiger partial charge in [0, 0.05) is 22.7 Å². The lowest BCUT2D eigenvalue weighted by Gasteiger charge is -2.29. The molecule has 0 saturated carbocycles. The number of carboxylic acids is 1. The first-order chi connectivity index (χ1) is 14.7. The predicted octanol–water partition coefficient (Wildman–Crippen LogP) is 3.17. The Labute approximate surface area is 183 Å². The van der Waals surface area contributed by atoms with E-state index in [1.807, 2.05) is 44.2 Å². The normalized spacial score (nSPS) is 15.6. The summed E-state index contributed by atoms with van der Waals surface area (Å²) in [5, 5.41) is 12.5. The summed E-state index contributed by atoms with van der Waals surface area (Å²) in [7, 11) is 0. The number of fused-ring (bicyclic) bond motifs is 1. The Hall–Kier alpha value is -3.78. The van der Waals surface area contributed by atoms with E-state index in [1.165, 1.54) is 11.0 Å². The molecule has 0 bridgehead atoms. The minimum Gasteiger partial charge on any atom is -0.480 e. The van der Waals surface area contributed by atoms with Gasteiger partial charge in [0.15, 0.2) is 5.11 Å². The molecule has 0 aliphatic carbocycles. The highest BCUT2D eigenvalue weighted by Gasteiger charge is 2.34. The molecule has 1 aliphatic rings. The number of hydrogen-bond acceptors (Lipinski definition) is 4. The first-order valence-electron chi connectivity index (χ1n) is 9.54. The molecule has 2 heterocycles. The van der Waals surface area contributed by atoms with Crippen LogP contribution in [0.15, 0.2) is 54.2 Å². The molecular weight excluding hydrogens is 414 g/mol. The highest BCUT2D eigenvalue weighted by atomic mass is 32.1. The van der Waals surface area contributed by atoms with Crippen molar-refractivity contribution >= 4 is 57.8 Å². The Kier molecular flexibility index (Phi) is 5.16. The van der Waals surface area contributed by atoms with Crippen molar-refractivity contribution in [3.05, 3.63) is 70.9 Å². The van der Waals surface area contributed by atoms with Crippen LogP contribution in [0, 0.1) is 13.8 Å². The topological polar surface area (TPSA) is 91.6 Å². The summed E-state index contributed by atoms with van der Waals surface area (Å²) >= 11 is 5.27. The quantitative estimate of drug-likeness (QED) is 0.375. The van der Waals surface area contributed by atoms with Gasteiger partial charge >= 0.3 is 5.97 Å². The van der Waals surface area contributed by atoms with Gasteiger partial charge < -0.3 is 9.67 Å². The molecule has 2 N–H and O–H groups in total. The zero-order valence-corrected chi connectivity index (χ0v) is 17.7. The molecule has 0 atom stereocenters. The SMILES string of the molecule is Cc1cc(C)cc(N2C(=O)/C(=C/c3cn(CC(=O)O)c4ccccc34)C(=O)NC2=S)c1. The number of thiocarbonyl (C=S) groups is 1. The van der Waals surface area contributed by atoms with Crippen LogP contribution in [0.1, 0.15) is 16.7 Å². The van der Waals surface area contributed by atoms with Crippen LogP contribution in [0.25, 0.3) is 17.0 Å². The van der Waals surface area contributed by atoms with Crippen LogP contribution in [-0.4, -0.2) is 32.6 Å². The zero-order chi connectivity index (χ0) is 22.3. The first kappa shape index (κ1) is 20.5. The molecule has 156 valence electrons. The average molecular weight is 433 g/mol. The number of para-hydroxylation sites is 1. The molecule has 3 aromatic rings. The van der Waals surface area contributed by atoms with Gasteiger partial charge in [-0.15, -0.1) is 0 Å². The van der Waals surface area contributed by atoms with Crippen LogP contribution in [0.5, 0.6) is 0 Å². The third kappa shape index (κ3) is 3.85. The van der Waals surface area contributed by atoms with Gasteiger partial charge in [-0.25, -0.2) is 0 Å². The maximum Gasteiger partial charge on any atom is 0.323 e. The summed E-state index contributed by atoms with van der Waals surface area (Å²) in [6, 6.07) is 12.9. The lowest BCUT2D eigenvalue weighted by atomic mass is 10.1. The van der Waals surface area contributed by atoms with Crippen molar-refractivity contribution in [3.63, 3.8) is 0 Å². The molecule has 1 saturated heterocycles. The number of amides is 2. The number of rotatable bonds is 4. The molecule has 1 fully saturated rings. The molecule has 1 aromatic heterocycles. The summed E-state index contributed by atoms with van der Waals surface area (Å²) in [6.45, 7) is 3.60. The highest BCUT2D eigenvalue weighted by Crippen LogP contribution is 2.27. The molecular formula is C23H19N3O4S. The van der Waals surface area contributed by atoms with Gasteiger partial charge in [-0.05, 0) is 61.5 Å². The molecule has 2 aromatic carbocycles. The van der Waals surface area contributed by atoms with Crippen molar-refractivity contribution in [3.8, 4) is 0 Å². The van der Waals surface area contributed by atoms with Gasteiger partial charge in [-0.1, -0.05) is 24.3 Å². The Balaban J connectivity index is 1.82. The minimum atomic E-state index is -0.988. The molecule has 4 rings (SSSR count). The molecule has 31 heavy (non-hydrogen) atoms. The van der Waals surface area contributed by atoms with Crippen molar-refractivity contribution in [2.45, 2.75) is 20.4 Å². The molecule has 0 spiro atoms. The second-order valence-corrected chi connectivity index (χ2v) is 7.81. The fraction of sp³-hybridized carbons (Fsp3) is 0.130. The summed E-state index contributed by atoms with van der Waals surface area (Å²) in [4.78, 5) is 38.5. The van der Waals surface area contributed by atoms with E-state index in [0.717, 1.165) is 16.5 Å². The number of carbonyl (C=O) groups is 3. The molecule has 2 amide bonds. The number of benzene rings is 2. The standard InChI is InChI=1S/C23H19N3O4S/c1-13-7-14(2)9-16(8-13)26-22(30)18(21(29)24-23(26)31)10-15-11-25(12-20(27)28)19-6-4-3-5-17(15)19/h3-11H,12H2,1-2H3,(H,27,28)(H,24,29,31)/b18-10+. The zero-order valence-electron chi connectivity index (χ0n) is 16.9. The summed E-state index contributed by atoms with van der Waals surface area (Å²) in [5.74, 6) is -2.11. The van der Waals surface area contributed by atoms with E-state index < -0.39 is 17.8 Å². The van der Waals surface area contributed by atoms with Gasteiger partial charge in [-0.3, -0.25) is 24.6 Å². The summed E-state index contributed by atoms with van der Waals surface area (Å²) in [5.41, 5.74) is 3.69. The van der Waals surface area contributed by atoms with Crippen molar-refractivity contribution < 1.29 is 19.5 Å². The number of aliphatic carboxylic acids is 1. The van der Waals surface area contributed by atoms with E-state index in [0.29, 0.717) is 16.8 Å². The van der Waals surface area contributed by atoms with Crippen LogP contribution in [0.4, 0.5) is 5.69 Å². The Morgan fingerprint density at radius 1 is 1.13 bits per heavy atom. The Bertz CT molecular complexity index is 1290. The van der Waals surface area contributed by atoms with Crippen molar-refractivity contribution in [2.24, 2.45) is 0 Å². The van der Waals surface area contributed by atoms with Gasteiger partial charge in [0.05, 0.1) is 5.69 Å². The number of aryl methyl sites for hydroxylation is 2. The Morgan fingerprint density at radius 3 is 2.48 bits per heavy atom. The monoisotopic (exact) mass is 433 g/mol. The van der Waals surface area contributed by atoms with E-state index in [1.54, 1.807) is 22.9 Å². The molecule has 0 unspecified atom stereocenters. The second-order valence-electron chi connectivity index (χ2n) is 7.43. The Morgan fingerprint density at radius 2 is 1.81 bits per heavy atom. The maximum absolute atomic E-state index is 13.3. The number of hydrogen-bond donors (Lipinski definition) is 2. The largest absolute Gasteiger partial charge is 0.480 e. The first-order valence-corrected chi connectivity index (χ1v) is 9.95. The number of carboxylic acid groups (broad SMARTS) is 1. The van der Waals surface area contributed by atoms with Gasteiger partial charge in [0.1, 0.15) is 12.1 Å². The van der Waals surface area contributed by atoms with Crippen LogP contribution in [0.2, 0.25) is 0 Å². The lowest BCUT2D eigenvalue weighted by Crippen LogP contribution is -2.54. The predicted molar refractivity (Wildman–Crippen MR) is 122 cm³/mol. The van der Waals surface area contributed by atoms with Gasteiger partial charge in [0.25, 0.3) is 11.8 Å². The second kappa shape index (κ2) is 7.81. The fourth-order valence-electron chi connectivity index (χ4n) is 3.79. The van der Waals surface area contributed by atoms with Crippen LogP contribution in [0.3, 0.4) is 0 Å². The van der Waals surface area contributed by atoms with Crippen molar-refractivity contribution in [1.29, 1.82) is 0 Å². The van der Waals surface area contributed by atoms with Crippen LogP contribution in [-0.2, 0) is 20.9 Å². The number of nitrogens with one attached hydrogen (secondary N) is 1. The summed E-state index contributed by atoms with van der Waals surface area (Å²) in [6.07, 6.45) is 3.11. The van der Waals surface area contributed by atoms with Crippen molar-refractivity contribution in [2.75, 3.05) is 4.90 Å². The van der Waals surface area contributed by atoms with E-state index in [9.17, 15) is 19.5 Å². The van der Waals surface area contributed by atoms with Gasteiger partial charge in [-0.2, -0.15) is 0 Å². The fourth-order valence-corrected chi connectivity index (χ4v) is 4.07. The highest BCUT2D eigenvalue weighted by molar-refractivity contribution is 7.80. The molecule has 7 nitrogen and oxygen atoms in total. The van der Waals surface area contributed by atoms with Crippen LogP contribution >= 0.6 is 12.2 Å². The van der Waals surface area contributed by atoms with Crippen molar-refractivity contribution in [1.82, 2.24) is 9.88 Å². The van der Waals surface area contributed by atoms with Crippen LogP contribution < -0.4 is 10.2 Å². The molecule has 1 aliphatic heterocycles. The summed E-state index contributed by atoms with van der Waals surface area (Å²) < 4.78 is 1.57. The minimum absolute atomic E-state index is 0.0189. The van der Waals surface area contributed by atoms with E-state index >= 15 is 0 Å². The lowest BCUT2D eigenvalue weighted by molar-refractivity contribution is -0.137. The molecule has 0 radical (unpaired) electrons.